The van der Waals surface area contributed by atoms with Gasteiger partial charge in [0.1, 0.15) is 6.61 Å². The van der Waals surface area contributed by atoms with Crippen molar-refractivity contribution in [1.82, 2.24) is 9.88 Å². The van der Waals surface area contributed by atoms with Crippen LogP contribution in [0.3, 0.4) is 0 Å². The normalized spacial score (nSPS) is 19.4. The van der Waals surface area contributed by atoms with E-state index in [1.807, 2.05) is 23.1 Å². The highest BCUT2D eigenvalue weighted by Gasteiger charge is 2.30. The van der Waals surface area contributed by atoms with Crippen LogP contribution in [0.4, 0.5) is 0 Å². The molecule has 1 atom stereocenters. The Morgan fingerprint density at radius 1 is 1.59 bits per heavy atom. The molecular weight excluding hydrogens is 216 g/mol. The lowest BCUT2D eigenvalue weighted by Crippen LogP contribution is -2.37. The van der Waals surface area contributed by atoms with Crippen LogP contribution >= 0.6 is 0 Å². The Morgan fingerprint density at radius 2 is 2.47 bits per heavy atom. The third-order valence-corrected chi connectivity index (χ3v) is 2.84. The number of amides is 1. The molecule has 2 heterocycles. The van der Waals surface area contributed by atoms with Gasteiger partial charge in [-0.3, -0.25) is 4.79 Å². The third kappa shape index (κ3) is 2.84. The van der Waals surface area contributed by atoms with Crippen LogP contribution in [0.5, 0.6) is 5.88 Å². The topological polar surface area (TPSA) is 42.4 Å². The highest BCUT2D eigenvalue weighted by molar-refractivity contribution is 5.78. The number of likely N-dealkylation sites (tertiary alicyclic amines) is 1. The van der Waals surface area contributed by atoms with Crippen molar-refractivity contribution in [1.29, 1.82) is 0 Å². The number of carbonyl (C=O) groups excluding carboxylic acids is 1. The monoisotopic (exact) mass is 232 g/mol. The first-order valence-electron chi connectivity index (χ1n) is 5.75. The molecule has 1 fully saturated rings. The van der Waals surface area contributed by atoms with E-state index in [2.05, 4.69) is 11.6 Å². The molecule has 0 bridgehead atoms. The van der Waals surface area contributed by atoms with Crippen molar-refractivity contribution in [3.63, 3.8) is 0 Å². The van der Waals surface area contributed by atoms with Crippen molar-refractivity contribution in [2.45, 2.75) is 18.9 Å². The van der Waals surface area contributed by atoms with Gasteiger partial charge in [-0.15, -0.1) is 6.58 Å². The summed E-state index contributed by atoms with van der Waals surface area (Å²) < 4.78 is 5.58. The molecular formula is C13H16N2O2. The summed E-state index contributed by atoms with van der Waals surface area (Å²) in [5.41, 5.74) is 0. The van der Waals surface area contributed by atoms with E-state index in [-0.39, 0.29) is 11.9 Å². The van der Waals surface area contributed by atoms with E-state index in [0.717, 1.165) is 6.42 Å². The number of hydrogen-bond donors (Lipinski definition) is 0. The summed E-state index contributed by atoms with van der Waals surface area (Å²) in [6, 6.07) is 5.68. The zero-order chi connectivity index (χ0) is 12.1. The fourth-order valence-electron chi connectivity index (χ4n) is 1.97. The van der Waals surface area contributed by atoms with E-state index in [9.17, 15) is 4.79 Å². The second-order valence-electron chi connectivity index (χ2n) is 4.01. The summed E-state index contributed by atoms with van der Waals surface area (Å²) in [7, 11) is 0. The fourth-order valence-corrected chi connectivity index (χ4v) is 1.97. The van der Waals surface area contributed by atoms with Crippen molar-refractivity contribution in [3.8, 4) is 5.88 Å². The maximum atomic E-state index is 11.6. The largest absolute Gasteiger partial charge is 0.475 e. The summed E-state index contributed by atoms with van der Waals surface area (Å²) in [4.78, 5) is 17.5. The first-order valence-corrected chi connectivity index (χ1v) is 5.75. The first kappa shape index (κ1) is 11.6. The maximum absolute atomic E-state index is 11.6. The highest BCUT2D eigenvalue weighted by atomic mass is 16.5. The second-order valence-corrected chi connectivity index (χ2v) is 4.01. The van der Waals surface area contributed by atoms with Crippen molar-refractivity contribution >= 4 is 5.91 Å². The molecule has 0 spiro atoms. The molecule has 1 aliphatic heterocycles. The van der Waals surface area contributed by atoms with Crippen LogP contribution in [0.1, 0.15) is 12.8 Å². The number of ether oxygens (including phenoxy) is 1. The van der Waals surface area contributed by atoms with Gasteiger partial charge in [0.2, 0.25) is 11.8 Å². The molecule has 0 radical (unpaired) electrons. The Labute approximate surface area is 101 Å². The Bertz CT molecular complexity index is 392. The zero-order valence-corrected chi connectivity index (χ0v) is 9.71. The van der Waals surface area contributed by atoms with E-state index < -0.39 is 0 Å². The van der Waals surface area contributed by atoms with Gasteiger partial charge >= 0.3 is 0 Å². The lowest BCUT2D eigenvalue weighted by molar-refractivity contribution is -0.128. The molecule has 4 heteroatoms. The van der Waals surface area contributed by atoms with Crippen molar-refractivity contribution in [3.05, 3.63) is 37.1 Å². The first-order chi connectivity index (χ1) is 8.31. The van der Waals surface area contributed by atoms with Gasteiger partial charge < -0.3 is 9.64 Å². The fraction of sp³-hybridized carbons (Fsp3) is 0.385. The molecule has 1 amide bonds. The van der Waals surface area contributed by atoms with Crippen LogP contribution in [-0.2, 0) is 4.79 Å². The Morgan fingerprint density at radius 3 is 3.18 bits per heavy atom. The molecule has 17 heavy (non-hydrogen) atoms. The predicted molar refractivity (Wildman–Crippen MR) is 64.7 cm³/mol. The number of nitrogens with zero attached hydrogens (tertiary/aromatic N) is 2. The minimum Gasteiger partial charge on any atom is -0.475 e. The van der Waals surface area contributed by atoms with Gasteiger partial charge in [0.25, 0.3) is 0 Å². The van der Waals surface area contributed by atoms with Gasteiger partial charge in [-0.2, -0.15) is 0 Å². The number of aromatic nitrogens is 1. The van der Waals surface area contributed by atoms with Crippen LogP contribution in [0.15, 0.2) is 37.1 Å². The standard InChI is InChI=1S/C13H16N2O2/c1-2-9-15-11(6-7-13(15)16)10-17-12-5-3-4-8-14-12/h2-5,8,11H,1,6-7,9-10H2/t11-/m0/s1. The number of rotatable bonds is 5. The van der Waals surface area contributed by atoms with Gasteiger partial charge in [0, 0.05) is 25.2 Å². The van der Waals surface area contributed by atoms with Crippen molar-refractivity contribution in [2.75, 3.05) is 13.2 Å². The smallest absolute Gasteiger partial charge is 0.223 e. The summed E-state index contributed by atoms with van der Waals surface area (Å²) in [6.07, 6.45) is 4.89. The minimum atomic E-state index is 0.141. The van der Waals surface area contributed by atoms with E-state index in [1.165, 1.54) is 0 Å². The Hall–Kier alpha value is -1.84. The number of pyridine rings is 1. The van der Waals surface area contributed by atoms with E-state index in [0.29, 0.717) is 25.5 Å². The molecule has 0 N–H and O–H groups in total. The molecule has 1 aromatic rings. The Kier molecular flexibility index (Phi) is 3.75. The highest BCUT2D eigenvalue weighted by Crippen LogP contribution is 2.19. The zero-order valence-electron chi connectivity index (χ0n) is 9.71. The predicted octanol–water partition coefficient (Wildman–Crippen LogP) is 1.64. The molecule has 90 valence electrons. The van der Waals surface area contributed by atoms with E-state index in [1.54, 1.807) is 12.3 Å². The van der Waals surface area contributed by atoms with Crippen molar-refractivity contribution in [2.24, 2.45) is 0 Å². The van der Waals surface area contributed by atoms with Crippen LogP contribution in [0.25, 0.3) is 0 Å². The van der Waals surface area contributed by atoms with Crippen LogP contribution < -0.4 is 4.74 Å². The average Bonchev–Trinajstić information content (AvgIpc) is 2.70. The molecule has 1 saturated heterocycles. The molecule has 1 aromatic heterocycles. The van der Waals surface area contributed by atoms with Crippen LogP contribution in [-0.4, -0.2) is 35.0 Å². The van der Waals surface area contributed by atoms with Gasteiger partial charge in [-0.1, -0.05) is 12.1 Å². The quantitative estimate of drug-likeness (QED) is 0.725. The van der Waals surface area contributed by atoms with Crippen molar-refractivity contribution < 1.29 is 9.53 Å². The van der Waals surface area contributed by atoms with Gasteiger partial charge in [-0.05, 0) is 12.5 Å². The molecule has 0 aliphatic carbocycles. The lowest BCUT2D eigenvalue weighted by Gasteiger charge is -2.23. The number of carbonyl (C=O) groups is 1. The Balaban J connectivity index is 1.90. The lowest BCUT2D eigenvalue weighted by atomic mass is 10.2. The summed E-state index contributed by atoms with van der Waals surface area (Å²) in [6.45, 7) is 4.75. The molecule has 0 unspecified atom stereocenters. The van der Waals surface area contributed by atoms with Gasteiger partial charge in [0.15, 0.2) is 0 Å². The molecule has 0 aromatic carbocycles. The minimum absolute atomic E-state index is 0.141. The van der Waals surface area contributed by atoms with Crippen LogP contribution in [0.2, 0.25) is 0 Å². The van der Waals surface area contributed by atoms with Gasteiger partial charge in [-0.25, -0.2) is 4.98 Å². The molecule has 4 nitrogen and oxygen atoms in total. The molecule has 0 saturated carbocycles. The SMILES string of the molecule is C=CCN1C(=O)CC[C@H]1COc1ccccn1. The summed E-state index contributed by atoms with van der Waals surface area (Å²) in [5, 5.41) is 0. The maximum Gasteiger partial charge on any atom is 0.223 e. The third-order valence-electron chi connectivity index (χ3n) is 2.84. The molecule has 2 rings (SSSR count). The average molecular weight is 232 g/mol. The van der Waals surface area contributed by atoms with E-state index >= 15 is 0 Å². The van der Waals surface area contributed by atoms with Crippen LogP contribution in [0, 0.1) is 0 Å². The van der Waals surface area contributed by atoms with Gasteiger partial charge in [0.05, 0.1) is 6.04 Å². The summed E-state index contributed by atoms with van der Waals surface area (Å²) in [5.74, 6) is 0.782. The van der Waals surface area contributed by atoms with E-state index in [4.69, 9.17) is 4.74 Å². The molecule has 1 aliphatic rings. The second kappa shape index (κ2) is 5.48. The summed E-state index contributed by atoms with van der Waals surface area (Å²) >= 11 is 0. The number of hydrogen-bond acceptors (Lipinski definition) is 3.